The number of carbonyl (C=O) groups is 2. The number of carbonyl (C=O) groups excluding carboxylic acids is 1. The van der Waals surface area contributed by atoms with E-state index in [9.17, 15) is 14.7 Å². The van der Waals surface area contributed by atoms with Crippen molar-refractivity contribution < 1.29 is 24.2 Å². The molecule has 0 bridgehead atoms. The minimum atomic E-state index is -0.762. The van der Waals surface area contributed by atoms with Gasteiger partial charge < -0.3 is 19.9 Å². The Kier molecular flexibility index (Phi) is 6.77. The summed E-state index contributed by atoms with van der Waals surface area (Å²) >= 11 is 0. The molecule has 3 atom stereocenters. The summed E-state index contributed by atoms with van der Waals surface area (Å²) in [5.74, 6) is -0.0652. The molecule has 0 radical (unpaired) electrons. The Hall–Kier alpha value is -3.17. The number of aromatic nitrogens is 4. The summed E-state index contributed by atoms with van der Waals surface area (Å²) in [4.78, 5) is 28.1. The molecule has 10 nitrogen and oxygen atoms in total. The number of aryl methyl sites for hydroxylation is 2. The number of carboxylic acid groups (broad SMARTS) is 1. The number of carboxylic acids is 1. The van der Waals surface area contributed by atoms with E-state index in [2.05, 4.69) is 34.5 Å². The number of rotatable bonds is 8. The number of aliphatic carboxylic acids is 1. The van der Waals surface area contributed by atoms with Gasteiger partial charge in [0.2, 0.25) is 0 Å². The van der Waals surface area contributed by atoms with E-state index in [1.165, 1.54) is 0 Å². The summed E-state index contributed by atoms with van der Waals surface area (Å²) in [6.45, 7) is 6.82. The lowest BCUT2D eigenvalue weighted by molar-refractivity contribution is -0.143. The van der Waals surface area contributed by atoms with Crippen molar-refractivity contribution in [1.82, 2.24) is 25.3 Å². The van der Waals surface area contributed by atoms with Crippen LogP contribution in [0.1, 0.15) is 57.3 Å². The molecule has 0 aliphatic heterocycles. The molecule has 2 aromatic rings. The molecule has 2 aliphatic carbocycles. The highest BCUT2D eigenvalue weighted by Crippen LogP contribution is 2.51. The molecule has 2 saturated carbocycles. The highest BCUT2D eigenvalue weighted by Gasteiger charge is 2.46. The zero-order valence-electron chi connectivity index (χ0n) is 20.2. The van der Waals surface area contributed by atoms with Crippen LogP contribution in [0.4, 0.5) is 4.79 Å². The number of hydrogen-bond acceptors (Lipinski definition) is 7. The number of hydrogen-bond donors (Lipinski definition) is 2. The van der Waals surface area contributed by atoms with Crippen LogP contribution in [0.25, 0.3) is 11.4 Å². The van der Waals surface area contributed by atoms with E-state index < -0.39 is 12.1 Å². The van der Waals surface area contributed by atoms with Crippen LogP contribution in [0.2, 0.25) is 0 Å². The van der Waals surface area contributed by atoms with Crippen LogP contribution in [0.5, 0.6) is 5.75 Å². The number of nitrogens with zero attached hydrogens (tertiary/aromatic N) is 4. The lowest BCUT2D eigenvalue weighted by Gasteiger charge is -2.27. The van der Waals surface area contributed by atoms with Crippen LogP contribution in [0.3, 0.4) is 0 Å². The van der Waals surface area contributed by atoms with E-state index in [-0.39, 0.29) is 24.0 Å². The van der Waals surface area contributed by atoms with Gasteiger partial charge in [0, 0.05) is 7.05 Å². The molecule has 10 heteroatoms. The van der Waals surface area contributed by atoms with Gasteiger partial charge >= 0.3 is 12.1 Å². The monoisotopic (exact) mass is 471 g/mol. The Morgan fingerprint density at radius 2 is 2.06 bits per heavy atom. The van der Waals surface area contributed by atoms with Gasteiger partial charge in [-0.2, -0.15) is 0 Å². The minimum absolute atomic E-state index is 0.135. The minimum Gasteiger partial charge on any atom is -0.489 e. The van der Waals surface area contributed by atoms with E-state index >= 15 is 0 Å². The number of pyridine rings is 1. The molecule has 184 valence electrons. The van der Waals surface area contributed by atoms with Crippen LogP contribution in [-0.4, -0.2) is 49.9 Å². The highest BCUT2D eigenvalue weighted by molar-refractivity contribution is 5.70. The van der Waals surface area contributed by atoms with E-state index in [0.29, 0.717) is 53.9 Å². The predicted molar refractivity (Wildman–Crippen MR) is 123 cm³/mol. The molecular weight excluding hydrogens is 438 g/mol. The third kappa shape index (κ3) is 5.48. The molecule has 2 fully saturated rings. The second-order valence-corrected chi connectivity index (χ2v) is 10.1. The SMILES string of the molecule is Cc1nc(-c2nnn(C)c2CNC(=O)OCC2CC2(C)C)ccc1O[C@H]1CCC[C@H](C(=O)O)C1. The summed E-state index contributed by atoms with van der Waals surface area (Å²) in [6, 6.07) is 3.64. The van der Waals surface area contributed by atoms with Crippen LogP contribution in [0.15, 0.2) is 12.1 Å². The van der Waals surface area contributed by atoms with E-state index in [1.54, 1.807) is 17.8 Å². The third-order valence-corrected chi connectivity index (χ3v) is 7.03. The lowest BCUT2D eigenvalue weighted by Crippen LogP contribution is -2.29. The highest BCUT2D eigenvalue weighted by atomic mass is 16.5. The van der Waals surface area contributed by atoms with Gasteiger partial charge in [-0.1, -0.05) is 19.1 Å². The van der Waals surface area contributed by atoms with Gasteiger partial charge in [0.05, 0.1) is 42.3 Å². The fourth-order valence-electron chi connectivity index (χ4n) is 4.48. The van der Waals surface area contributed by atoms with Crippen molar-refractivity contribution in [2.75, 3.05) is 6.61 Å². The first-order chi connectivity index (χ1) is 16.1. The lowest BCUT2D eigenvalue weighted by atomic mass is 9.87. The van der Waals surface area contributed by atoms with Gasteiger partial charge in [0.15, 0.2) is 0 Å². The molecule has 2 heterocycles. The normalized spacial score (nSPS) is 23.2. The summed E-state index contributed by atoms with van der Waals surface area (Å²) in [7, 11) is 1.76. The van der Waals surface area contributed by atoms with E-state index in [1.807, 2.05) is 13.0 Å². The Morgan fingerprint density at radius 3 is 2.74 bits per heavy atom. The number of alkyl carbamates (subject to hydrolysis) is 1. The first-order valence-electron chi connectivity index (χ1n) is 11.8. The maximum absolute atomic E-state index is 12.1. The summed E-state index contributed by atoms with van der Waals surface area (Å²) < 4.78 is 13.0. The van der Waals surface area contributed by atoms with Gasteiger partial charge in [-0.15, -0.1) is 5.10 Å². The molecule has 4 rings (SSSR count). The standard InChI is InChI=1S/C24H33N5O5/c1-14-20(34-17-7-5-6-15(10-17)22(30)31)9-8-18(26-14)21-19(29(4)28-27-21)12-25-23(32)33-13-16-11-24(16,2)3/h8-9,15-17H,5-7,10-13H2,1-4H3,(H,25,32)(H,30,31)/t15-,16?,17-/m0/s1. The van der Waals surface area contributed by atoms with Gasteiger partial charge in [-0.05, 0) is 62.5 Å². The van der Waals surface area contributed by atoms with Crippen molar-refractivity contribution in [1.29, 1.82) is 0 Å². The van der Waals surface area contributed by atoms with Crippen LogP contribution >= 0.6 is 0 Å². The molecule has 0 saturated heterocycles. The second kappa shape index (κ2) is 9.60. The van der Waals surface area contributed by atoms with Crippen molar-refractivity contribution in [2.24, 2.45) is 24.3 Å². The summed E-state index contributed by atoms with van der Waals surface area (Å²) in [6.07, 6.45) is 3.34. The first kappa shape index (κ1) is 24.0. The predicted octanol–water partition coefficient (Wildman–Crippen LogP) is 3.48. The second-order valence-electron chi connectivity index (χ2n) is 10.1. The zero-order chi connectivity index (χ0) is 24.5. The number of ether oxygens (including phenoxy) is 2. The average molecular weight is 472 g/mol. The number of nitrogens with one attached hydrogen (secondary N) is 1. The fraction of sp³-hybridized carbons (Fsp3) is 0.625. The topological polar surface area (TPSA) is 128 Å². The molecular formula is C24H33N5O5. The molecule has 1 amide bonds. The Labute approximate surface area is 199 Å². The summed E-state index contributed by atoms with van der Waals surface area (Å²) in [5.41, 5.74) is 2.85. The average Bonchev–Trinajstić information content (AvgIpc) is 3.24. The number of amides is 1. The molecule has 0 spiro atoms. The van der Waals surface area contributed by atoms with Crippen molar-refractivity contribution in [3.05, 3.63) is 23.5 Å². The van der Waals surface area contributed by atoms with Crippen LogP contribution in [-0.2, 0) is 23.1 Å². The van der Waals surface area contributed by atoms with E-state index in [0.717, 1.165) is 19.3 Å². The fourth-order valence-corrected chi connectivity index (χ4v) is 4.48. The van der Waals surface area contributed by atoms with Gasteiger partial charge in [0.1, 0.15) is 11.4 Å². The zero-order valence-corrected chi connectivity index (χ0v) is 20.2. The third-order valence-electron chi connectivity index (χ3n) is 7.03. The van der Waals surface area contributed by atoms with Gasteiger partial charge in [-0.3, -0.25) is 4.79 Å². The van der Waals surface area contributed by atoms with E-state index in [4.69, 9.17) is 9.47 Å². The Bertz CT molecular complexity index is 1070. The van der Waals surface area contributed by atoms with Crippen molar-refractivity contribution >= 4 is 12.1 Å². The van der Waals surface area contributed by atoms with Crippen molar-refractivity contribution in [3.8, 4) is 17.1 Å². The molecule has 34 heavy (non-hydrogen) atoms. The summed E-state index contributed by atoms with van der Waals surface area (Å²) in [5, 5.41) is 20.4. The Morgan fingerprint density at radius 1 is 1.29 bits per heavy atom. The molecule has 0 aromatic carbocycles. The van der Waals surface area contributed by atoms with Gasteiger partial charge in [-0.25, -0.2) is 14.5 Å². The van der Waals surface area contributed by atoms with Crippen LogP contribution in [0, 0.1) is 24.2 Å². The van der Waals surface area contributed by atoms with Gasteiger partial charge in [0.25, 0.3) is 0 Å². The largest absolute Gasteiger partial charge is 0.489 e. The first-order valence-corrected chi connectivity index (χ1v) is 11.8. The quantitative estimate of drug-likeness (QED) is 0.599. The molecule has 1 unspecified atom stereocenters. The molecule has 2 aromatic heterocycles. The maximum Gasteiger partial charge on any atom is 0.407 e. The van der Waals surface area contributed by atoms with Crippen molar-refractivity contribution in [2.45, 2.75) is 65.5 Å². The molecule has 2 N–H and O–H groups in total. The maximum atomic E-state index is 12.1. The van der Waals surface area contributed by atoms with Crippen molar-refractivity contribution in [3.63, 3.8) is 0 Å². The van der Waals surface area contributed by atoms with Crippen LogP contribution < -0.4 is 10.1 Å². The Balaban J connectivity index is 1.38. The smallest absolute Gasteiger partial charge is 0.407 e. The molecule has 2 aliphatic rings.